The molecule has 0 radical (unpaired) electrons. The van der Waals surface area contributed by atoms with Crippen molar-refractivity contribution in [2.24, 2.45) is 11.7 Å². The Bertz CT molecular complexity index is 282. The molecule has 0 aromatic rings. The number of hydrogen-bond acceptors (Lipinski definition) is 3. The fourth-order valence-corrected chi connectivity index (χ4v) is 2.70. The molecule has 0 aromatic carbocycles. The number of carbonyl (C=O) groups is 1. The van der Waals surface area contributed by atoms with Gasteiger partial charge in [0.2, 0.25) is 5.91 Å². The van der Waals surface area contributed by atoms with E-state index in [2.05, 4.69) is 24.1 Å². The van der Waals surface area contributed by atoms with E-state index in [-0.39, 0.29) is 5.91 Å². The van der Waals surface area contributed by atoms with Crippen molar-refractivity contribution in [3.05, 3.63) is 0 Å². The third-order valence-corrected chi connectivity index (χ3v) is 4.46. The van der Waals surface area contributed by atoms with Crippen LogP contribution in [0.1, 0.15) is 46.5 Å². The van der Waals surface area contributed by atoms with Gasteiger partial charge < -0.3 is 16.0 Å². The summed E-state index contributed by atoms with van der Waals surface area (Å²) >= 11 is 0. The Morgan fingerprint density at radius 3 is 2.67 bits per heavy atom. The van der Waals surface area contributed by atoms with Crippen LogP contribution in [0.5, 0.6) is 0 Å². The largest absolute Gasteiger partial charge is 0.368 e. The number of nitrogens with zero attached hydrogens (tertiary/aromatic N) is 1. The molecule has 18 heavy (non-hydrogen) atoms. The van der Waals surface area contributed by atoms with Gasteiger partial charge in [0, 0.05) is 12.6 Å². The molecule has 3 N–H and O–H groups in total. The quantitative estimate of drug-likeness (QED) is 0.753. The van der Waals surface area contributed by atoms with E-state index in [1.807, 2.05) is 6.92 Å². The number of piperidine rings is 1. The highest BCUT2D eigenvalue weighted by Crippen LogP contribution is 2.22. The average molecular weight is 255 g/mol. The van der Waals surface area contributed by atoms with Gasteiger partial charge in [0.25, 0.3) is 0 Å². The molecule has 0 bridgehead atoms. The fraction of sp³-hybridized carbons (Fsp3) is 0.929. The zero-order valence-electron chi connectivity index (χ0n) is 12.3. The second-order valence-electron chi connectivity index (χ2n) is 6.08. The van der Waals surface area contributed by atoms with E-state index < -0.39 is 5.54 Å². The van der Waals surface area contributed by atoms with Crippen LogP contribution in [0.2, 0.25) is 0 Å². The van der Waals surface area contributed by atoms with Crippen LogP contribution in [0.3, 0.4) is 0 Å². The summed E-state index contributed by atoms with van der Waals surface area (Å²) in [5, 5.41) is 3.04. The molecule has 4 nitrogen and oxygen atoms in total. The van der Waals surface area contributed by atoms with E-state index in [9.17, 15) is 4.79 Å². The summed E-state index contributed by atoms with van der Waals surface area (Å²) in [5.41, 5.74) is 4.87. The van der Waals surface area contributed by atoms with Gasteiger partial charge in [-0.05, 0) is 59.0 Å². The molecule has 0 aromatic heterocycles. The number of nitrogens with one attached hydrogen (secondary N) is 1. The van der Waals surface area contributed by atoms with E-state index >= 15 is 0 Å². The number of amides is 1. The second-order valence-corrected chi connectivity index (χ2v) is 6.08. The first kappa shape index (κ1) is 15.4. The number of primary amides is 1. The number of hydrogen-bond donors (Lipinski definition) is 2. The van der Waals surface area contributed by atoms with Crippen LogP contribution >= 0.6 is 0 Å². The minimum atomic E-state index is -0.565. The third kappa shape index (κ3) is 3.95. The molecule has 4 heteroatoms. The lowest BCUT2D eigenvalue weighted by atomic mass is 9.92. The second kappa shape index (κ2) is 6.53. The molecule has 1 fully saturated rings. The highest BCUT2D eigenvalue weighted by atomic mass is 16.1. The smallest absolute Gasteiger partial charge is 0.237 e. The van der Waals surface area contributed by atoms with Gasteiger partial charge in [0.1, 0.15) is 0 Å². The van der Waals surface area contributed by atoms with Crippen LogP contribution in [0, 0.1) is 5.92 Å². The molecule has 1 saturated heterocycles. The van der Waals surface area contributed by atoms with Crippen molar-refractivity contribution < 1.29 is 4.79 Å². The van der Waals surface area contributed by atoms with Crippen LogP contribution < -0.4 is 11.1 Å². The van der Waals surface area contributed by atoms with Gasteiger partial charge in [-0.1, -0.05) is 6.92 Å². The normalized spacial score (nSPS) is 28.9. The van der Waals surface area contributed by atoms with Crippen LogP contribution in [-0.2, 0) is 4.79 Å². The van der Waals surface area contributed by atoms with Crippen molar-refractivity contribution in [2.45, 2.75) is 58.0 Å². The Balaban J connectivity index is 2.38. The monoisotopic (exact) mass is 255 g/mol. The molecule has 1 amide bonds. The van der Waals surface area contributed by atoms with E-state index in [1.165, 1.54) is 19.4 Å². The summed E-state index contributed by atoms with van der Waals surface area (Å²) in [4.78, 5) is 13.9. The molecule has 1 rings (SSSR count). The summed E-state index contributed by atoms with van der Waals surface area (Å²) in [6, 6.07) is 0.676. The topological polar surface area (TPSA) is 58.4 Å². The Hall–Kier alpha value is -0.610. The molecule has 0 aliphatic carbocycles. The van der Waals surface area contributed by atoms with Crippen molar-refractivity contribution in [2.75, 3.05) is 20.1 Å². The highest BCUT2D eigenvalue weighted by Gasteiger charge is 2.29. The maximum Gasteiger partial charge on any atom is 0.237 e. The van der Waals surface area contributed by atoms with Crippen molar-refractivity contribution in [3.8, 4) is 0 Å². The Morgan fingerprint density at radius 2 is 2.11 bits per heavy atom. The lowest BCUT2D eigenvalue weighted by Gasteiger charge is -2.37. The maximum atomic E-state index is 11.4. The average Bonchev–Trinajstić information content (AvgIpc) is 2.33. The molecule has 1 heterocycles. The lowest BCUT2D eigenvalue weighted by Crippen LogP contribution is -2.52. The molecule has 106 valence electrons. The van der Waals surface area contributed by atoms with E-state index in [0.29, 0.717) is 6.04 Å². The zero-order chi connectivity index (χ0) is 13.8. The van der Waals surface area contributed by atoms with E-state index in [4.69, 9.17) is 5.73 Å². The Kier molecular flexibility index (Phi) is 5.60. The number of nitrogens with two attached hydrogens (primary N) is 1. The molecular weight excluding hydrogens is 226 g/mol. The summed E-state index contributed by atoms with van der Waals surface area (Å²) in [7, 11) is 1.80. The van der Waals surface area contributed by atoms with Crippen molar-refractivity contribution >= 4 is 5.91 Å². The summed E-state index contributed by atoms with van der Waals surface area (Å²) in [5.74, 6) is 0.540. The number of likely N-dealkylation sites (tertiary alicyclic amines) is 1. The predicted octanol–water partition coefficient (Wildman–Crippen LogP) is 1.35. The van der Waals surface area contributed by atoms with Crippen LogP contribution in [-0.4, -0.2) is 42.5 Å². The summed E-state index contributed by atoms with van der Waals surface area (Å²) in [6.45, 7) is 8.76. The number of carbonyl (C=O) groups excluding carboxylic acids is 1. The number of rotatable bonds is 6. The molecule has 0 spiro atoms. The first-order valence-electron chi connectivity index (χ1n) is 7.12. The maximum absolute atomic E-state index is 11.4. The zero-order valence-corrected chi connectivity index (χ0v) is 12.3. The fourth-order valence-electron chi connectivity index (χ4n) is 2.70. The van der Waals surface area contributed by atoms with Gasteiger partial charge in [0.15, 0.2) is 0 Å². The minimum absolute atomic E-state index is 0.259. The third-order valence-electron chi connectivity index (χ3n) is 4.46. The molecule has 1 aliphatic rings. The molecule has 0 saturated carbocycles. The molecular formula is C14H29N3O. The van der Waals surface area contributed by atoms with E-state index in [0.717, 1.165) is 25.3 Å². The standard InChI is InChI=1S/C14H29N3O/c1-11-6-7-12(2)17(10-11)9-5-8-14(3,16-4)13(15)18/h11-12,16H,5-10H2,1-4H3,(H2,15,18). The van der Waals surface area contributed by atoms with Crippen molar-refractivity contribution in [1.82, 2.24) is 10.2 Å². The van der Waals surface area contributed by atoms with Gasteiger partial charge in [-0.3, -0.25) is 4.79 Å². The highest BCUT2D eigenvalue weighted by molar-refractivity contribution is 5.84. The Labute approximate surface area is 111 Å². The van der Waals surface area contributed by atoms with Gasteiger partial charge in [-0.15, -0.1) is 0 Å². The lowest BCUT2D eigenvalue weighted by molar-refractivity contribution is -0.123. The van der Waals surface area contributed by atoms with Crippen molar-refractivity contribution in [1.29, 1.82) is 0 Å². The molecule has 1 aliphatic heterocycles. The first-order valence-corrected chi connectivity index (χ1v) is 7.12. The molecule has 3 atom stereocenters. The van der Waals surface area contributed by atoms with Gasteiger partial charge in [0.05, 0.1) is 5.54 Å². The van der Waals surface area contributed by atoms with Crippen LogP contribution in [0.15, 0.2) is 0 Å². The van der Waals surface area contributed by atoms with Gasteiger partial charge in [-0.25, -0.2) is 0 Å². The Morgan fingerprint density at radius 1 is 1.44 bits per heavy atom. The first-order chi connectivity index (χ1) is 8.39. The summed E-state index contributed by atoms with van der Waals surface area (Å²) in [6.07, 6.45) is 4.45. The van der Waals surface area contributed by atoms with Crippen molar-refractivity contribution in [3.63, 3.8) is 0 Å². The van der Waals surface area contributed by atoms with Crippen LogP contribution in [0.4, 0.5) is 0 Å². The summed E-state index contributed by atoms with van der Waals surface area (Å²) < 4.78 is 0. The SMILES string of the molecule is CNC(C)(CCCN1CC(C)CCC1C)C(N)=O. The number of likely N-dealkylation sites (N-methyl/N-ethyl adjacent to an activating group) is 1. The van der Waals surface area contributed by atoms with Gasteiger partial charge >= 0.3 is 0 Å². The molecule has 3 unspecified atom stereocenters. The van der Waals surface area contributed by atoms with Crippen LogP contribution in [0.25, 0.3) is 0 Å². The van der Waals surface area contributed by atoms with Gasteiger partial charge in [-0.2, -0.15) is 0 Å². The predicted molar refractivity (Wildman–Crippen MR) is 75.3 cm³/mol. The minimum Gasteiger partial charge on any atom is -0.368 e. The van der Waals surface area contributed by atoms with E-state index in [1.54, 1.807) is 7.05 Å².